The van der Waals surface area contributed by atoms with E-state index in [1.807, 2.05) is 13.8 Å². The quantitative estimate of drug-likeness (QED) is 0.657. The van der Waals surface area contributed by atoms with Crippen LogP contribution in [-0.4, -0.2) is 28.1 Å². The molecule has 3 N–H and O–H groups in total. The zero-order chi connectivity index (χ0) is 18.6. The molecule has 0 spiro atoms. The number of halogens is 2. The third-order valence-electron chi connectivity index (χ3n) is 3.32. The Hall–Kier alpha value is -2.42. The maximum Gasteiger partial charge on any atom is 0.291 e. The molecule has 0 radical (unpaired) electrons. The molecule has 0 fully saturated rings. The van der Waals surface area contributed by atoms with Crippen molar-refractivity contribution in [3.63, 3.8) is 0 Å². The molecule has 0 aliphatic carbocycles. The Balaban J connectivity index is 1.90. The zero-order valence-electron chi connectivity index (χ0n) is 13.9. The second kappa shape index (κ2) is 8.11. The van der Waals surface area contributed by atoms with Crippen LogP contribution in [0, 0.1) is 5.82 Å². The lowest BCUT2D eigenvalue weighted by Gasteiger charge is -2.14. The highest BCUT2D eigenvalue weighted by molar-refractivity contribution is 9.10. The lowest BCUT2D eigenvalue weighted by molar-refractivity contribution is -0.128. The molecule has 1 aromatic heterocycles. The predicted octanol–water partition coefficient (Wildman–Crippen LogP) is 2.66. The number of hydrazine groups is 1. The first-order valence-corrected chi connectivity index (χ1v) is 8.35. The standard InChI is InChI=1S/C16H18BrFN4O3/c1-8(2)13-12(17)14(20-19-13)16(24)22-21-15(23)9(3)25-11-6-4-10(18)5-7-11/h4-9H,1-3H3,(H,19,20)(H,21,23)(H,22,24). The number of rotatable bonds is 5. The highest BCUT2D eigenvalue weighted by Crippen LogP contribution is 2.25. The first kappa shape index (κ1) is 18.9. The molecule has 0 bridgehead atoms. The lowest BCUT2D eigenvalue weighted by atomic mass is 10.1. The maximum atomic E-state index is 12.8. The molecular formula is C16H18BrFN4O3. The Morgan fingerprint density at radius 1 is 1.20 bits per heavy atom. The van der Waals surface area contributed by atoms with E-state index in [2.05, 4.69) is 37.0 Å². The minimum atomic E-state index is -0.889. The van der Waals surface area contributed by atoms with Gasteiger partial charge in [-0.15, -0.1) is 0 Å². The number of hydrogen-bond donors (Lipinski definition) is 3. The van der Waals surface area contributed by atoms with Crippen molar-refractivity contribution in [2.75, 3.05) is 0 Å². The number of carbonyl (C=O) groups is 2. The van der Waals surface area contributed by atoms with Gasteiger partial charge in [0.1, 0.15) is 11.6 Å². The van der Waals surface area contributed by atoms with Crippen LogP contribution in [0.4, 0.5) is 4.39 Å². The molecule has 0 aliphatic heterocycles. The average molecular weight is 413 g/mol. The molecule has 25 heavy (non-hydrogen) atoms. The third kappa shape index (κ3) is 4.79. The third-order valence-corrected chi connectivity index (χ3v) is 4.12. The van der Waals surface area contributed by atoms with E-state index in [0.29, 0.717) is 10.2 Å². The van der Waals surface area contributed by atoms with Gasteiger partial charge in [0.15, 0.2) is 11.8 Å². The van der Waals surface area contributed by atoms with Gasteiger partial charge in [-0.3, -0.25) is 25.5 Å². The topological polar surface area (TPSA) is 96.1 Å². The molecule has 1 unspecified atom stereocenters. The van der Waals surface area contributed by atoms with Gasteiger partial charge in [-0.1, -0.05) is 13.8 Å². The molecule has 2 rings (SSSR count). The van der Waals surface area contributed by atoms with Gasteiger partial charge in [-0.25, -0.2) is 4.39 Å². The summed E-state index contributed by atoms with van der Waals surface area (Å²) in [6.45, 7) is 5.42. The van der Waals surface area contributed by atoms with Crippen LogP contribution in [0.3, 0.4) is 0 Å². The summed E-state index contributed by atoms with van der Waals surface area (Å²) in [7, 11) is 0. The largest absolute Gasteiger partial charge is 0.481 e. The van der Waals surface area contributed by atoms with Crippen LogP contribution in [0.15, 0.2) is 28.7 Å². The molecule has 9 heteroatoms. The number of H-pyrrole nitrogens is 1. The van der Waals surface area contributed by atoms with Gasteiger partial charge in [0, 0.05) is 0 Å². The van der Waals surface area contributed by atoms with E-state index in [1.165, 1.54) is 31.2 Å². The van der Waals surface area contributed by atoms with Gasteiger partial charge in [0.2, 0.25) is 0 Å². The fourth-order valence-electron chi connectivity index (χ4n) is 1.92. The normalized spacial score (nSPS) is 11.9. The second-order valence-corrected chi connectivity index (χ2v) is 6.40. The summed E-state index contributed by atoms with van der Waals surface area (Å²) in [5, 5.41) is 6.71. The van der Waals surface area contributed by atoms with E-state index in [4.69, 9.17) is 4.74 Å². The fraction of sp³-hybridized carbons (Fsp3) is 0.312. The first-order valence-electron chi connectivity index (χ1n) is 7.55. The van der Waals surface area contributed by atoms with Gasteiger partial charge in [0.05, 0.1) is 10.2 Å². The van der Waals surface area contributed by atoms with Gasteiger partial charge < -0.3 is 4.74 Å². The summed E-state index contributed by atoms with van der Waals surface area (Å²) in [6.07, 6.45) is -0.889. The van der Waals surface area contributed by atoms with Gasteiger partial charge in [-0.2, -0.15) is 5.10 Å². The van der Waals surface area contributed by atoms with E-state index >= 15 is 0 Å². The van der Waals surface area contributed by atoms with Crippen molar-refractivity contribution in [1.29, 1.82) is 0 Å². The molecular weight excluding hydrogens is 395 g/mol. The Morgan fingerprint density at radius 3 is 2.40 bits per heavy atom. The van der Waals surface area contributed by atoms with E-state index in [-0.39, 0.29) is 11.6 Å². The van der Waals surface area contributed by atoms with Crippen LogP contribution in [0.25, 0.3) is 0 Å². The summed E-state index contributed by atoms with van der Waals surface area (Å²) in [5.41, 5.74) is 5.46. The predicted molar refractivity (Wildman–Crippen MR) is 92.5 cm³/mol. The molecule has 0 aliphatic rings. The van der Waals surface area contributed by atoms with Crippen LogP contribution in [0.5, 0.6) is 5.75 Å². The number of benzene rings is 1. The van der Waals surface area contributed by atoms with E-state index in [1.54, 1.807) is 0 Å². The Morgan fingerprint density at radius 2 is 1.84 bits per heavy atom. The number of ether oxygens (including phenoxy) is 1. The number of carbonyl (C=O) groups excluding carboxylic acids is 2. The van der Waals surface area contributed by atoms with Crippen LogP contribution >= 0.6 is 15.9 Å². The Labute approximate surface area is 152 Å². The van der Waals surface area contributed by atoms with Crippen molar-refractivity contribution < 1.29 is 18.7 Å². The number of aromatic amines is 1. The number of amides is 2. The number of nitrogens with one attached hydrogen (secondary N) is 3. The minimum absolute atomic E-state index is 0.135. The summed E-state index contributed by atoms with van der Waals surface area (Å²) in [4.78, 5) is 24.1. The molecule has 0 saturated carbocycles. The summed E-state index contributed by atoms with van der Waals surface area (Å²) >= 11 is 3.32. The monoisotopic (exact) mass is 412 g/mol. The van der Waals surface area contributed by atoms with Crippen LogP contribution in [-0.2, 0) is 4.79 Å². The second-order valence-electron chi connectivity index (χ2n) is 5.61. The molecule has 2 amide bonds. The van der Waals surface area contributed by atoms with Crippen molar-refractivity contribution in [3.8, 4) is 5.75 Å². The van der Waals surface area contributed by atoms with Crippen molar-refractivity contribution in [3.05, 3.63) is 45.9 Å². The van der Waals surface area contributed by atoms with E-state index in [0.717, 1.165) is 5.69 Å². The van der Waals surface area contributed by atoms with Gasteiger partial charge >= 0.3 is 0 Å². The summed E-state index contributed by atoms with van der Waals surface area (Å²) in [5.74, 6) is -1.04. The van der Waals surface area contributed by atoms with Crippen molar-refractivity contribution in [1.82, 2.24) is 21.0 Å². The lowest BCUT2D eigenvalue weighted by Crippen LogP contribution is -2.47. The molecule has 1 heterocycles. The number of aromatic nitrogens is 2. The summed E-state index contributed by atoms with van der Waals surface area (Å²) < 4.78 is 18.8. The zero-order valence-corrected chi connectivity index (χ0v) is 15.5. The molecule has 1 aromatic carbocycles. The van der Waals surface area contributed by atoms with E-state index in [9.17, 15) is 14.0 Å². The van der Waals surface area contributed by atoms with Gasteiger partial charge in [-0.05, 0) is 53.0 Å². The Bertz CT molecular complexity index is 761. The number of hydrogen-bond acceptors (Lipinski definition) is 4. The Kier molecular flexibility index (Phi) is 6.13. The highest BCUT2D eigenvalue weighted by Gasteiger charge is 2.21. The van der Waals surface area contributed by atoms with Crippen molar-refractivity contribution in [2.45, 2.75) is 32.8 Å². The van der Waals surface area contributed by atoms with E-state index < -0.39 is 23.7 Å². The van der Waals surface area contributed by atoms with Crippen molar-refractivity contribution >= 4 is 27.7 Å². The molecule has 2 aromatic rings. The summed E-state index contributed by atoms with van der Waals surface area (Å²) in [6, 6.07) is 5.27. The average Bonchev–Trinajstić information content (AvgIpc) is 2.96. The first-order chi connectivity index (χ1) is 11.8. The molecule has 1 atom stereocenters. The number of nitrogens with zero attached hydrogens (tertiary/aromatic N) is 1. The van der Waals surface area contributed by atoms with Crippen LogP contribution in [0.2, 0.25) is 0 Å². The SMILES string of the molecule is CC(Oc1ccc(F)cc1)C(=O)NNC(=O)c1n[nH]c(C(C)C)c1Br. The maximum absolute atomic E-state index is 12.8. The van der Waals surface area contributed by atoms with Crippen LogP contribution < -0.4 is 15.6 Å². The van der Waals surface area contributed by atoms with Gasteiger partial charge in [0.25, 0.3) is 11.8 Å². The fourth-order valence-corrected chi connectivity index (χ4v) is 2.74. The van der Waals surface area contributed by atoms with Crippen molar-refractivity contribution in [2.24, 2.45) is 0 Å². The smallest absolute Gasteiger partial charge is 0.291 e. The van der Waals surface area contributed by atoms with Crippen LogP contribution in [0.1, 0.15) is 42.9 Å². The molecule has 0 saturated heterocycles. The molecule has 7 nitrogen and oxygen atoms in total. The minimum Gasteiger partial charge on any atom is -0.481 e. The highest BCUT2D eigenvalue weighted by atomic mass is 79.9. The molecule has 134 valence electrons.